The maximum absolute atomic E-state index is 14.0. The van der Waals surface area contributed by atoms with Crippen LogP contribution in [0.25, 0.3) is 34.4 Å². The molecule has 6 rings (SSSR count). The first-order chi connectivity index (χ1) is 33.0. The normalized spacial score (nSPS) is 15.6. The molecule has 0 spiro atoms. The van der Waals surface area contributed by atoms with Gasteiger partial charge >= 0.3 is 11.9 Å². The van der Waals surface area contributed by atoms with E-state index in [1.54, 1.807) is 59.4 Å². The number of nitrogens with zero attached hydrogens (tertiary/aromatic N) is 2. The zero-order valence-electron chi connectivity index (χ0n) is 38.0. The lowest BCUT2D eigenvalue weighted by Crippen LogP contribution is -2.49. The van der Waals surface area contributed by atoms with Gasteiger partial charge in [-0.25, -0.2) is 4.79 Å². The average molecular weight is 1040 g/mol. The summed E-state index contributed by atoms with van der Waals surface area (Å²) in [7, 11) is 5.90. The predicted molar refractivity (Wildman–Crippen MR) is 270 cm³/mol. The van der Waals surface area contributed by atoms with Crippen molar-refractivity contribution in [3.8, 4) is 39.5 Å². The molecule has 4 aromatic carbocycles. The van der Waals surface area contributed by atoms with Crippen molar-refractivity contribution in [2.45, 2.75) is 42.7 Å². The molecule has 3 N–H and O–H groups in total. The Labute approximate surface area is 425 Å². The molecule has 2 amide bonds. The van der Waals surface area contributed by atoms with Gasteiger partial charge in [0.1, 0.15) is 16.5 Å². The van der Waals surface area contributed by atoms with Gasteiger partial charge in [0.05, 0.1) is 29.3 Å². The van der Waals surface area contributed by atoms with Gasteiger partial charge in [-0.1, -0.05) is 82.8 Å². The monoisotopic (exact) mass is 1040 g/mol. The second-order valence-electron chi connectivity index (χ2n) is 16.2. The second-order valence-corrected chi connectivity index (χ2v) is 18.2. The fourth-order valence-electron chi connectivity index (χ4n) is 8.51. The molecule has 2 aliphatic heterocycles. The Hall–Kier alpha value is -5.39. The van der Waals surface area contributed by atoms with Crippen LogP contribution in [0.15, 0.2) is 77.7 Å². The lowest BCUT2D eigenvalue weighted by molar-refractivity contribution is -0.146. The topological polar surface area (TPSA) is 181 Å². The number of halogens is 4. The zero-order valence-corrected chi connectivity index (χ0v) is 41.9. The van der Waals surface area contributed by atoms with Gasteiger partial charge in [0.15, 0.2) is 29.4 Å². The first-order valence-corrected chi connectivity index (χ1v) is 23.8. The molecule has 0 radical (unpaired) electrons. The van der Waals surface area contributed by atoms with Gasteiger partial charge in [-0.2, -0.15) is 0 Å². The molecule has 0 bridgehead atoms. The quantitative estimate of drug-likeness (QED) is 0.0261. The number of esters is 1. The molecule has 0 aliphatic carbocycles. The maximum Gasteiger partial charge on any atom is 0.336 e. The van der Waals surface area contributed by atoms with Crippen LogP contribution in [0.5, 0.6) is 17.2 Å². The smallest absolute Gasteiger partial charge is 0.336 e. The summed E-state index contributed by atoms with van der Waals surface area (Å²) < 4.78 is 17.0. The molecule has 0 saturated carbocycles. The summed E-state index contributed by atoms with van der Waals surface area (Å²) >= 11 is 31.4. The van der Waals surface area contributed by atoms with E-state index in [0.717, 1.165) is 5.56 Å². The number of ether oxygens (including phenoxy) is 3. The number of carboxylic acid groups (broad SMARTS) is 1. The van der Waals surface area contributed by atoms with E-state index < -0.39 is 47.4 Å². The van der Waals surface area contributed by atoms with Crippen LogP contribution in [0.2, 0.25) is 20.1 Å². The Balaban J connectivity index is 1.15. The Bertz CT molecular complexity index is 2700. The van der Waals surface area contributed by atoms with Crippen LogP contribution in [0.1, 0.15) is 36.8 Å². The molecule has 2 atom stereocenters. The summed E-state index contributed by atoms with van der Waals surface area (Å²) in [6.45, 7) is 0.919. The SMILES string of the molecule is CNC(C(=O)O)C(=O)C1CCN(C(=O)/C=C/c2c(-c3ccccc3OC)cc(OC(=O)C(NC)C(=O)C3CCN(C(=O)/C=C/c4c(-c5ccccc5OC)cc(S)c(Cl)c4Cl)CC3)c(Cl)c2Cl)CC1. The number of amides is 2. The van der Waals surface area contributed by atoms with E-state index in [4.69, 9.17) is 60.6 Å². The lowest BCUT2D eigenvalue weighted by atomic mass is 9.88. The molecule has 0 aromatic heterocycles. The highest BCUT2D eigenvalue weighted by Crippen LogP contribution is 2.45. The van der Waals surface area contributed by atoms with Crippen LogP contribution in [0, 0.1) is 11.8 Å². The first kappa shape index (κ1) is 53.0. The third-order valence-corrected chi connectivity index (χ3v) is 14.5. The number of likely N-dealkylation sites (tertiary alicyclic amines) is 2. The van der Waals surface area contributed by atoms with Gasteiger partial charge in [0.25, 0.3) is 0 Å². The second kappa shape index (κ2) is 24.0. The molecule has 2 fully saturated rings. The molecule has 19 heteroatoms. The number of piperidine rings is 2. The van der Waals surface area contributed by atoms with Crippen molar-refractivity contribution in [3.05, 3.63) is 104 Å². The van der Waals surface area contributed by atoms with Gasteiger partial charge in [0, 0.05) is 77.3 Å². The third kappa shape index (κ3) is 12.0. The molecule has 2 unspecified atom stereocenters. The largest absolute Gasteiger partial charge is 0.496 e. The van der Waals surface area contributed by atoms with Crippen molar-refractivity contribution in [3.63, 3.8) is 0 Å². The van der Waals surface area contributed by atoms with E-state index >= 15 is 0 Å². The molecular formula is C50H50Cl4N4O10S. The van der Waals surface area contributed by atoms with Gasteiger partial charge in [-0.05, 0) is 87.3 Å². The van der Waals surface area contributed by atoms with Gasteiger partial charge in [0.2, 0.25) is 11.8 Å². The number of carbonyl (C=O) groups is 6. The summed E-state index contributed by atoms with van der Waals surface area (Å²) in [4.78, 5) is 82.8. The van der Waals surface area contributed by atoms with E-state index in [1.165, 1.54) is 45.5 Å². The number of hydrogen-bond acceptors (Lipinski definition) is 12. The van der Waals surface area contributed by atoms with Crippen LogP contribution in [0.3, 0.4) is 0 Å². The molecule has 2 aliphatic rings. The fraction of sp³-hybridized carbons (Fsp3) is 0.320. The molecule has 2 saturated heterocycles. The van der Waals surface area contributed by atoms with Gasteiger partial charge in [-0.3, -0.25) is 24.0 Å². The number of rotatable bonds is 17. The van der Waals surface area contributed by atoms with Crippen LogP contribution >= 0.6 is 59.0 Å². The number of carbonyl (C=O) groups excluding carboxylic acids is 5. The Morgan fingerprint density at radius 3 is 1.48 bits per heavy atom. The highest BCUT2D eigenvalue weighted by molar-refractivity contribution is 7.80. The van der Waals surface area contributed by atoms with Crippen molar-refractivity contribution < 1.29 is 48.1 Å². The van der Waals surface area contributed by atoms with Crippen LogP contribution in [0.4, 0.5) is 0 Å². The van der Waals surface area contributed by atoms with Crippen molar-refractivity contribution in [2.75, 3.05) is 54.5 Å². The summed E-state index contributed by atoms with van der Waals surface area (Å²) in [5.74, 6) is -3.99. The highest BCUT2D eigenvalue weighted by atomic mass is 35.5. The van der Waals surface area contributed by atoms with E-state index in [2.05, 4.69) is 23.3 Å². The predicted octanol–water partition coefficient (Wildman–Crippen LogP) is 8.45. The van der Waals surface area contributed by atoms with Crippen molar-refractivity contribution in [2.24, 2.45) is 11.8 Å². The number of nitrogens with one attached hydrogen (secondary N) is 2. The molecule has 14 nitrogen and oxygen atoms in total. The van der Waals surface area contributed by atoms with Crippen LogP contribution < -0.4 is 24.8 Å². The zero-order chi connectivity index (χ0) is 50.1. The Morgan fingerprint density at radius 1 is 0.623 bits per heavy atom. The summed E-state index contributed by atoms with van der Waals surface area (Å²) in [6, 6.07) is 14.8. The van der Waals surface area contributed by atoms with Crippen LogP contribution in [-0.4, -0.2) is 117 Å². The summed E-state index contributed by atoms with van der Waals surface area (Å²) in [5.41, 5.74) is 3.11. The van der Waals surface area contributed by atoms with Crippen molar-refractivity contribution in [1.82, 2.24) is 20.4 Å². The number of Topliss-reactive ketones (excluding diaryl/α,β-unsaturated/α-hetero) is 2. The minimum atomic E-state index is -1.40. The number of carboxylic acids is 1. The average Bonchev–Trinajstić information content (AvgIpc) is 3.36. The molecule has 4 aromatic rings. The molecular weight excluding hydrogens is 990 g/mol. The lowest BCUT2D eigenvalue weighted by Gasteiger charge is -2.32. The van der Waals surface area contributed by atoms with Crippen LogP contribution in [-0.2, 0) is 28.8 Å². The van der Waals surface area contributed by atoms with Gasteiger partial charge < -0.3 is 39.8 Å². The minimum absolute atomic E-state index is 0.0541. The van der Waals surface area contributed by atoms with E-state index in [9.17, 15) is 33.9 Å². The first-order valence-electron chi connectivity index (χ1n) is 21.8. The molecule has 364 valence electrons. The maximum atomic E-state index is 14.0. The number of hydrogen-bond donors (Lipinski definition) is 4. The minimum Gasteiger partial charge on any atom is -0.496 e. The number of thiol groups is 1. The molecule has 69 heavy (non-hydrogen) atoms. The third-order valence-electron chi connectivity index (χ3n) is 12.3. The number of aliphatic carboxylic acids is 1. The molecule has 2 heterocycles. The standard InChI is InChI=1S/C50H50Cl4N4O10S/c1-55-45(49(63)64)47(61)27-17-21-57(22-18-27)39(59)15-13-31-33(29-9-5-7-11-35(29)66-3)25-37(43(53)41(31)51)68-50(65)46(56-2)48(62)28-19-23-58(24-20-28)40(60)16-14-32-34(26-38(69)44(54)42(32)52)30-10-6-8-12-36(30)67-4/h5-16,25-28,45-46,55-56,69H,17-24H2,1-4H3,(H,63,64)/b15-13+,16-14+. The number of benzene rings is 4. The Morgan fingerprint density at radius 2 is 1.04 bits per heavy atom. The summed E-state index contributed by atoms with van der Waals surface area (Å²) in [6.07, 6.45) is 6.94. The fourth-order valence-corrected chi connectivity index (χ4v) is 9.70. The van der Waals surface area contributed by atoms with E-state index in [-0.39, 0.29) is 76.7 Å². The number of ketones is 2. The highest BCUT2D eigenvalue weighted by Gasteiger charge is 2.37. The van der Waals surface area contributed by atoms with E-state index in [1.807, 2.05) is 18.2 Å². The summed E-state index contributed by atoms with van der Waals surface area (Å²) in [5, 5.41) is 14.9. The number of likely N-dealkylation sites (N-methyl/N-ethyl adjacent to an activating group) is 2. The van der Waals surface area contributed by atoms with Crippen molar-refractivity contribution in [1.29, 1.82) is 0 Å². The van der Waals surface area contributed by atoms with E-state index in [0.29, 0.717) is 57.1 Å². The number of methoxy groups -OCH3 is 2. The van der Waals surface area contributed by atoms with Crippen molar-refractivity contribution >= 4 is 107 Å². The Kier molecular flexibility index (Phi) is 18.4. The van der Waals surface area contributed by atoms with Gasteiger partial charge in [-0.15, -0.1) is 12.6 Å². The number of para-hydroxylation sites is 2.